The molecule has 0 aliphatic rings. The molecule has 0 aromatic carbocycles. The second kappa shape index (κ2) is 14.2. The Bertz CT molecular complexity index is 120. The first kappa shape index (κ1) is 18.5. The van der Waals surface area contributed by atoms with Crippen molar-refractivity contribution in [2.45, 2.75) is 39.5 Å². The van der Waals surface area contributed by atoms with Crippen LogP contribution in [0.4, 0.5) is 0 Å². The Morgan fingerprint density at radius 1 is 0.923 bits per heavy atom. The molecule has 0 fully saturated rings. The maximum atomic E-state index is 9.49. The van der Waals surface area contributed by atoms with Crippen LogP contribution in [0, 0.1) is 0 Å². The van der Waals surface area contributed by atoms with Gasteiger partial charge in [0.25, 0.3) is 0 Å². The maximum Gasteiger partial charge on any atom is 2.00 e. The summed E-state index contributed by atoms with van der Waals surface area (Å²) in [7, 11) is 0. The molecule has 4 nitrogen and oxygen atoms in total. The van der Waals surface area contributed by atoms with Crippen molar-refractivity contribution in [3.63, 3.8) is 0 Å². The van der Waals surface area contributed by atoms with Crippen LogP contribution in [0.3, 0.4) is 0 Å². The molecular formula is C8H14MgO4. The molecule has 0 rings (SSSR count). The van der Waals surface area contributed by atoms with Crippen molar-refractivity contribution >= 4 is 35.0 Å². The fourth-order valence-electron chi connectivity index (χ4n) is 0.408. The molecule has 0 aromatic heterocycles. The number of carboxylic acid groups (broad SMARTS) is 2. The van der Waals surface area contributed by atoms with Crippen molar-refractivity contribution in [3.8, 4) is 0 Å². The molecule has 5 heteroatoms. The van der Waals surface area contributed by atoms with Crippen molar-refractivity contribution < 1.29 is 19.8 Å². The summed E-state index contributed by atoms with van der Waals surface area (Å²) in [5, 5.41) is 19.0. The molecule has 0 aliphatic carbocycles. The van der Waals surface area contributed by atoms with Gasteiger partial charge >= 0.3 is 23.1 Å². The van der Waals surface area contributed by atoms with Gasteiger partial charge in [-0.15, -0.1) is 0 Å². The monoisotopic (exact) mass is 198 g/mol. The van der Waals surface area contributed by atoms with E-state index in [9.17, 15) is 19.8 Å². The Labute approximate surface area is 94.5 Å². The average molecular weight is 199 g/mol. The SMILES string of the molecule is CCCC(=O)[O-].CCCC(=O)[O-].[Mg+2]. The quantitative estimate of drug-likeness (QED) is 0.526. The van der Waals surface area contributed by atoms with Crippen LogP contribution >= 0.6 is 0 Å². The van der Waals surface area contributed by atoms with Crippen LogP contribution in [-0.4, -0.2) is 35.0 Å². The Kier molecular flexibility index (Phi) is 20.2. The molecule has 0 atom stereocenters. The predicted octanol–water partition coefficient (Wildman–Crippen LogP) is -1.31. The zero-order valence-electron chi connectivity index (χ0n) is 8.17. The summed E-state index contributed by atoms with van der Waals surface area (Å²) in [5.74, 6) is -1.92. The molecule has 0 amide bonds. The molecule has 0 N–H and O–H groups in total. The number of aliphatic carboxylic acids is 2. The smallest absolute Gasteiger partial charge is 0.550 e. The van der Waals surface area contributed by atoms with Crippen molar-refractivity contribution in [3.05, 3.63) is 0 Å². The molecule has 0 unspecified atom stereocenters. The maximum absolute atomic E-state index is 9.49. The molecule has 0 aromatic rings. The van der Waals surface area contributed by atoms with Crippen molar-refractivity contribution in [1.29, 1.82) is 0 Å². The number of carboxylic acids is 2. The number of hydrogen-bond acceptors (Lipinski definition) is 4. The van der Waals surface area contributed by atoms with Gasteiger partial charge in [-0.05, 0) is 12.8 Å². The Hall–Kier alpha value is -0.294. The summed E-state index contributed by atoms with van der Waals surface area (Å²) >= 11 is 0. The minimum Gasteiger partial charge on any atom is -0.550 e. The zero-order valence-corrected chi connectivity index (χ0v) is 9.58. The first-order chi connectivity index (χ1) is 5.54. The van der Waals surface area contributed by atoms with Gasteiger partial charge in [0, 0.05) is 11.9 Å². The Morgan fingerprint density at radius 2 is 1.15 bits per heavy atom. The molecule has 0 saturated carbocycles. The Morgan fingerprint density at radius 3 is 1.15 bits per heavy atom. The van der Waals surface area contributed by atoms with E-state index in [0.717, 1.165) is 0 Å². The van der Waals surface area contributed by atoms with Gasteiger partial charge in [0.2, 0.25) is 0 Å². The third-order valence-corrected chi connectivity index (χ3v) is 0.908. The second-order valence-corrected chi connectivity index (χ2v) is 2.24. The van der Waals surface area contributed by atoms with Crippen LogP contribution in [0.2, 0.25) is 0 Å². The molecule has 0 heterocycles. The van der Waals surface area contributed by atoms with E-state index >= 15 is 0 Å². The summed E-state index contributed by atoms with van der Waals surface area (Å²) in [6, 6.07) is 0. The Balaban J connectivity index is -0.000000143. The van der Waals surface area contributed by atoms with Gasteiger partial charge in [0.1, 0.15) is 0 Å². The molecule has 0 aliphatic heterocycles. The number of rotatable bonds is 4. The van der Waals surface area contributed by atoms with E-state index in [2.05, 4.69) is 0 Å². The van der Waals surface area contributed by atoms with Crippen molar-refractivity contribution in [2.75, 3.05) is 0 Å². The molecular weight excluding hydrogens is 184 g/mol. The third-order valence-electron chi connectivity index (χ3n) is 0.908. The zero-order chi connectivity index (χ0) is 9.98. The van der Waals surface area contributed by atoms with E-state index in [-0.39, 0.29) is 35.9 Å². The fourth-order valence-corrected chi connectivity index (χ4v) is 0.408. The number of carbonyl (C=O) groups is 2. The van der Waals surface area contributed by atoms with Gasteiger partial charge in [-0.3, -0.25) is 0 Å². The normalized spacial score (nSPS) is 7.54. The minimum atomic E-state index is -0.961. The van der Waals surface area contributed by atoms with Gasteiger partial charge in [0.15, 0.2) is 0 Å². The molecule has 0 spiro atoms. The molecule has 0 saturated heterocycles. The topological polar surface area (TPSA) is 80.3 Å². The number of hydrogen-bond donors (Lipinski definition) is 0. The van der Waals surface area contributed by atoms with Crippen molar-refractivity contribution in [2.24, 2.45) is 0 Å². The van der Waals surface area contributed by atoms with E-state index in [1.807, 2.05) is 0 Å². The van der Waals surface area contributed by atoms with E-state index in [1.165, 1.54) is 0 Å². The van der Waals surface area contributed by atoms with Crippen LogP contribution < -0.4 is 10.2 Å². The van der Waals surface area contributed by atoms with Crippen molar-refractivity contribution in [1.82, 2.24) is 0 Å². The predicted molar refractivity (Wildman–Crippen MR) is 45.6 cm³/mol. The second-order valence-electron chi connectivity index (χ2n) is 2.24. The van der Waals surface area contributed by atoms with Crippen LogP contribution in [-0.2, 0) is 9.59 Å². The summed E-state index contributed by atoms with van der Waals surface area (Å²) in [6.07, 6.45) is 1.70. The minimum absolute atomic E-state index is 0. The van der Waals surface area contributed by atoms with Gasteiger partial charge in [-0.1, -0.05) is 26.7 Å². The molecule has 0 bridgehead atoms. The standard InChI is InChI=1S/2C4H8O2.Mg/c2*1-2-3-4(5)6;/h2*2-3H2,1H3,(H,5,6);/q;;+2/p-2. The molecule has 72 valence electrons. The van der Waals surface area contributed by atoms with Crippen LogP contribution in [0.15, 0.2) is 0 Å². The number of carbonyl (C=O) groups excluding carboxylic acids is 2. The fraction of sp³-hybridized carbons (Fsp3) is 0.750. The van der Waals surface area contributed by atoms with Gasteiger partial charge in [0.05, 0.1) is 0 Å². The van der Waals surface area contributed by atoms with Gasteiger partial charge < -0.3 is 19.8 Å². The molecule has 0 radical (unpaired) electrons. The van der Waals surface area contributed by atoms with E-state index in [1.54, 1.807) is 13.8 Å². The summed E-state index contributed by atoms with van der Waals surface area (Å²) in [4.78, 5) is 19.0. The first-order valence-electron chi connectivity index (χ1n) is 3.94. The first-order valence-corrected chi connectivity index (χ1v) is 3.94. The van der Waals surface area contributed by atoms with Gasteiger partial charge in [-0.2, -0.15) is 0 Å². The summed E-state index contributed by atoms with van der Waals surface area (Å²) < 4.78 is 0. The largest absolute Gasteiger partial charge is 2.00 e. The molecule has 13 heavy (non-hydrogen) atoms. The summed E-state index contributed by atoms with van der Waals surface area (Å²) in [6.45, 7) is 3.60. The van der Waals surface area contributed by atoms with Gasteiger partial charge in [-0.25, -0.2) is 0 Å². The van der Waals surface area contributed by atoms with Crippen LogP contribution in [0.1, 0.15) is 39.5 Å². The third kappa shape index (κ3) is 33.9. The van der Waals surface area contributed by atoms with E-state index in [4.69, 9.17) is 0 Å². The van der Waals surface area contributed by atoms with Crippen LogP contribution in [0.25, 0.3) is 0 Å². The van der Waals surface area contributed by atoms with E-state index < -0.39 is 11.9 Å². The average Bonchev–Trinajstić information content (AvgIpc) is 1.87. The summed E-state index contributed by atoms with van der Waals surface area (Å²) in [5.41, 5.74) is 0. The van der Waals surface area contributed by atoms with Crippen LogP contribution in [0.5, 0.6) is 0 Å². The van der Waals surface area contributed by atoms with E-state index in [0.29, 0.717) is 12.8 Å².